The fraction of sp³-hybridized carbons (Fsp3) is 0.462. The molecule has 0 saturated carbocycles. The maximum atomic E-state index is 11.6. The first-order chi connectivity index (χ1) is 8.97. The van der Waals surface area contributed by atoms with Crippen LogP contribution in [-0.2, 0) is 4.74 Å². The van der Waals surface area contributed by atoms with Crippen molar-refractivity contribution in [3.8, 4) is 0 Å². The van der Waals surface area contributed by atoms with E-state index in [1.165, 1.54) is 19.1 Å². The maximum Gasteiger partial charge on any atom is 0.270 e. The lowest BCUT2D eigenvalue weighted by molar-refractivity contribution is -0.384. The van der Waals surface area contributed by atoms with E-state index in [-0.39, 0.29) is 11.5 Å². The minimum absolute atomic E-state index is 0.0767. The molecule has 0 heterocycles. The summed E-state index contributed by atoms with van der Waals surface area (Å²) in [5.74, 6) is -0.193. The van der Waals surface area contributed by atoms with Crippen molar-refractivity contribution in [1.82, 2.24) is 0 Å². The van der Waals surface area contributed by atoms with Gasteiger partial charge in [-0.15, -0.1) is 0 Å². The summed E-state index contributed by atoms with van der Waals surface area (Å²) >= 11 is 0. The number of nitro groups is 1. The zero-order valence-corrected chi connectivity index (χ0v) is 11.4. The fourth-order valence-electron chi connectivity index (χ4n) is 1.72. The minimum Gasteiger partial charge on any atom is -0.380 e. The molecule has 0 radical (unpaired) electrons. The third kappa shape index (κ3) is 4.03. The van der Waals surface area contributed by atoms with Gasteiger partial charge in [0.15, 0.2) is 5.78 Å². The number of rotatable bonds is 7. The Hall–Kier alpha value is -1.95. The fourth-order valence-corrected chi connectivity index (χ4v) is 1.72. The molecule has 0 saturated heterocycles. The van der Waals surface area contributed by atoms with Gasteiger partial charge in [0.2, 0.25) is 0 Å². The molecule has 0 N–H and O–H groups in total. The quantitative estimate of drug-likeness (QED) is 0.327. The van der Waals surface area contributed by atoms with E-state index < -0.39 is 4.92 Å². The van der Waals surface area contributed by atoms with Crippen molar-refractivity contribution >= 4 is 17.2 Å². The Labute approximate surface area is 112 Å². The molecule has 6 nitrogen and oxygen atoms in total. The van der Waals surface area contributed by atoms with Crippen LogP contribution in [0.15, 0.2) is 18.2 Å². The van der Waals surface area contributed by atoms with Crippen LogP contribution >= 0.6 is 0 Å². The van der Waals surface area contributed by atoms with Gasteiger partial charge in [0.1, 0.15) is 0 Å². The number of nitrogens with zero attached hydrogens (tertiary/aromatic N) is 2. The van der Waals surface area contributed by atoms with Crippen LogP contribution < -0.4 is 4.90 Å². The summed E-state index contributed by atoms with van der Waals surface area (Å²) in [6.07, 6.45) is 0. The van der Waals surface area contributed by atoms with E-state index in [4.69, 9.17) is 4.74 Å². The van der Waals surface area contributed by atoms with Crippen molar-refractivity contribution in [2.24, 2.45) is 0 Å². The maximum absolute atomic E-state index is 11.6. The second-order valence-electron chi connectivity index (χ2n) is 4.13. The summed E-state index contributed by atoms with van der Waals surface area (Å²) in [7, 11) is 1.83. The van der Waals surface area contributed by atoms with Crippen LogP contribution in [0.2, 0.25) is 0 Å². The molecule has 0 atom stereocenters. The molecule has 0 aliphatic heterocycles. The highest BCUT2D eigenvalue weighted by atomic mass is 16.6. The highest BCUT2D eigenvalue weighted by molar-refractivity contribution is 6.00. The first-order valence-electron chi connectivity index (χ1n) is 6.05. The molecule has 1 rings (SSSR count). The lowest BCUT2D eigenvalue weighted by atomic mass is 10.1. The average molecular weight is 266 g/mol. The highest BCUT2D eigenvalue weighted by Gasteiger charge is 2.16. The molecule has 0 unspecified atom stereocenters. The van der Waals surface area contributed by atoms with Crippen LogP contribution in [0.25, 0.3) is 0 Å². The van der Waals surface area contributed by atoms with Crippen LogP contribution in [0, 0.1) is 10.1 Å². The van der Waals surface area contributed by atoms with E-state index >= 15 is 0 Å². The van der Waals surface area contributed by atoms with Crippen LogP contribution in [0.4, 0.5) is 11.4 Å². The monoisotopic (exact) mass is 266 g/mol. The molecule has 6 heteroatoms. The Bertz CT molecular complexity index is 474. The molecule has 1 aromatic rings. The summed E-state index contributed by atoms with van der Waals surface area (Å²) in [6.45, 7) is 5.10. The van der Waals surface area contributed by atoms with Gasteiger partial charge in [-0.2, -0.15) is 0 Å². The molecule has 1 aromatic carbocycles. The number of hydrogen-bond acceptors (Lipinski definition) is 5. The van der Waals surface area contributed by atoms with Crippen molar-refractivity contribution in [3.05, 3.63) is 33.9 Å². The number of benzene rings is 1. The molecule has 19 heavy (non-hydrogen) atoms. The van der Waals surface area contributed by atoms with Crippen LogP contribution in [0.1, 0.15) is 24.2 Å². The minimum atomic E-state index is -0.504. The number of hydrogen-bond donors (Lipinski definition) is 0. The van der Waals surface area contributed by atoms with Gasteiger partial charge in [-0.1, -0.05) is 0 Å². The second kappa shape index (κ2) is 6.84. The number of carbonyl (C=O) groups is 1. The molecule has 0 aliphatic carbocycles. The van der Waals surface area contributed by atoms with E-state index in [0.717, 1.165) is 0 Å². The Kier molecular flexibility index (Phi) is 5.44. The van der Waals surface area contributed by atoms with Crippen LogP contribution in [0.3, 0.4) is 0 Å². The van der Waals surface area contributed by atoms with E-state index in [9.17, 15) is 14.9 Å². The highest BCUT2D eigenvalue weighted by Crippen LogP contribution is 2.25. The Morgan fingerprint density at radius 1 is 1.47 bits per heavy atom. The van der Waals surface area contributed by atoms with Crippen molar-refractivity contribution < 1.29 is 14.5 Å². The largest absolute Gasteiger partial charge is 0.380 e. The molecule has 0 aromatic heterocycles. The van der Waals surface area contributed by atoms with Gasteiger partial charge in [-0.25, -0.2) is 0 Å². The second-order valence-corrected chi connectivity index (χ2v) is 4.13. The van der Waals surface area contributed by atoms with Crippen molar-refractivity contribution in [3.63, 3.8) is 0 Å². The third-order valence-corrected chi connectivity index (χ3v) is 2.76. The van der Waals surface area contributed by atoms with E-state index in [2.05, 4.69) is 0 Å². The molecule has 0 spiro atoms. The lowest BCUT2D eigenvalue weighted by Crippen LogP contribution is -2.24. The van der Waals surface area contributed by atoms with Gasteiger partial charge >= 0.3 is 0 Å². The number of likely N-dealkylation sites (N-methyl/N-ethyl adjacent to an activating group) is 1. The number of carbonyl (C=O) groups excluding carboxylic acids is 1. The average Bonchev–Trinajstić information content (AvgIpc) is 2.38. The number of Topliss-reactive ketones (excluding diaryl/α,β-unsaturated/α-hetero) is 1. The van der Waals surface area contributed by atoms with Gasteiger partial charge < -0.3 is 9.64 Å². The zero-order valence-electron chi connectivity index (χ0n) is 11.4. The van der Waals surface area contributed by atoms with E-state index in [0.29, 0.717) is 31.0 Å². The predicted molar refractivity (Wildman–Crippen MR) is 72.9 cm³/mol. The van der Waals surface area contributed by atoms with Crippen LogP contribution in [0.5, 0.6) is 0 Å². The summed E-state index contributed by atoms with van der Waals surface area (Å²) in [6, 6.07) is 4.31. The number of non-ortho nitro benzene ring substituents is 1. The summed E-state index contributed by atoms with van der Waals surface area (Å²) in [5.41, 5.74) is 0.957. The van der Waals surface area contributed by atoms with Gasteiger partial charge in [0, 0.05) is 43.6 Å². The number of ketones is 1. The third-order valence-electron chi connectivity index (χ3n) is 2.76. The summed E-state index contributed by atoms with van der Waals surface area (Å²) in [4.78, 5) is 23.7. The van der Waals surface area contributed by atoms with Crippen molar-refractivity contribution in [2.75, 3.05) is 31.7 Å². The normalized spacial score (nSPS) is 10.3. The molecule has 104 valence electrons. The first-order valence-corrected chi connectivity index (χ1v) is 6.05. The van der Waals surface area contributed by atoms with Gasteiger partial charge in [0.25, 0.3) is 5.69 Å². The SMILES string of the molecule is CCOCCN(C)c1ccc([N+](=O)[O-])cc1C(C)=O. The van der Waals surface area contributed by atoms with Crippen molar-refractivity contribution in [2.45, 2.75) is 13.8 Å². The van der Waals surface area contributed by atoms with Gasteiger partial charge in [0.05, 0.1) is 11.5 Å². The summed E-state index contributed by atoms with van der Waals surface area (Å²) < 4.78 is 5.25. The Morgan fingerprint density at radius 3 is 2.68 bits per heavy atom. The smallest absolute Gasteiger partial charge is 0.270 e. The molecule has 0 bridgehead atoms. The topological polar surface area (TPSA) is 72.7 Å². The first kappa shape index (κ1) is 15.1. The van der Waals surface area contributed by atoms with Gasteiger partial charge in [-0.3, -0.25) is 14.9 Å². The predicted octanol–water partition coefficient (Wildman–Crippen LogP) is 2.27. The lowest BCUT2D eigenvalue weighted by Gasteiger charge is -2.21. The Balaban J connectivity index is 2.99. The van der Waals surface area contributed by atoms with E-state index in [1.807, 2.05) is 18.9 Å². The molecule has 0 amide bonds. The number of nitro benzene ring substituents is 1. The standard InChI is InChI=1S/C13H18N2O4/c1-4-19-8-7-14(3)13-6-5-11(15(17)18)9-12(13)10(2)16/h5-6,9H,4,7-8H2,1-3H3. The number of anilines is 1. The molecule has 0 fully saturated rings. The van der Waals surface area contributed by atoms with Crippen molar-refractivity contribution in [1.29, 1.82) is 0 Å². The molecule has 0 aliphatic rings. The molecular formula is C13H18N2O4. The zero-order chi connectivity index (χ0) is 14.4. The van der Waals surface area contributed by atoms with Crippen LogP contribution in [-0.4, -0.2) is 37.5 Å². The Morgan fingerprint density at radius 2 is 2.16 bits per heavy atom. The van der Waals surface area contributed by atoms with E-state index in [1.54, 1.807) is 6.07 Å². The van der Waals surface area contributed by atoms with Gasteiger partial charge in [-0.05, 0) is 19.9 Å². The summed E-state index contributed by atoms with van der Waals surface area (Å²) in [5, 5.41) is 10.7. The molecular weight excluding hydrogens is 248 g/mol. The number of ether oxygens (including phenoxy) is 1.